The zero-order valence-corrected chi connectivity index (χ0v) is 11.0. The first kappa shape index (κ1) is 13.6. The second-order valence-electron chi connectivity index (χ2n) is 4.97. The lowest BCUT2D eigenvalue weighted by Crippen LogP contribution is -2.42. The lowest BCUT2D eigenvalue weighted by molar-refractivity contribution is -0.122. The van der Waals surface area contributed by atoms with E-state index in [1.54, 1.807) is 0 Å². The Morgan fingerprint density at radius 1 is 1.42 bits per heavy atom. The van der Waals surface area contributed by atoms with Gasteiger partial charge in [-0.15, -0.1) is 0 Å². The third kappa shape index (κ3) is 4.38. The van der Waals surface area contributed by atoms with Crippen LogP contribution in [0.2, 0.25) is 0 Å². The van der Waals surface area contributed by atoms with Crippen molar-refractivity contribution >= 4 is 5.91 Å². The molecule has 1 aromatic carbocycles. The highest BCUT2D eigenvalue weighted by atomic mass is 16.2. The molecule has 100 valence electrons. The molecular weight excluding hydrogens is 238 g/mol. The van der Waals surface area contributed by atoms with Crippen molar-refractivity contribution in [2.75, 3.05) is 19.6 Å². The van der Waals surface area contributed by atoms with Crippen LogP contribution in [0.4, 0.5) is 0 Å². The molecule has 1 atom stereocenters. The molecule has 1 fully saturated rings. The molecule has 1 unspecified atom stereocenters. The molecule has 0 aliphatic carbocycles. The predicted molar refractivity (Wildman–Crippen MR) is 73.1 cm³/mol. The Labute approximate surface area is 114 Å². The summed E-state index contributed by atoms with van der Waals surface area (Å²) in [5.74, 6) is 0.109. The number of hydrogen-bond acceptors (Lipinski definition) is 3. The van der Waals surface area contributed by atoms with E-state index in [-0.39, 0.29) is 11.8 Å². The summed E-state index contributed by atoms with van der Waals surface area (Å²) in [6, 6.07) is 12.2. The minimum Gasteiger partial charge on any atom is -0.351 e. The number of hydrogen-bond donors (Lipinski definition) is 1. The highest BCUT2D eigenvalue weighted by Crippen LogP contribution is 2.14. The smallest absolute Gasteiger partial charge is 0.234 e. The molecule has 4 nitrogen and oxygen atoms in total. The summed E-state index contributed by atoms with van der Waals surface area (Å²) in [6.07, 6.45) is 1.96. The molecule has 0 spiro atoms. The van der Waals surface area contributed by atoms with Crippen LogP contribution in [0, 0.1) is 17.2 Å². The summed E-state index contributed by atoms with van der Waals surface area (Å²) in [7, 11) is 0. The van der Waals surface area contributed by atoms with Gasteiger partial charge in [0.2, 0.25) is 5.91 Å². The first-order chi connectivity index (χ1) is 9.28. The van der Waals surface area contributed by atoms with Gasteiger partial charge < -0.3 is 5.32 Å². The molecule has 1 aliphatic heterocycles. The maximum atomic E-state index is 11.8. The minimum atomic E-state index is 0.0300. The summed E-state index contributed by atoms with van der Waals surface area (Å²) in [4.78, 5) is 13.9. The quantitative estimate of drug-likeness (QED) is 0.890. The minimum absolute atomic E-state index is 0.0300. The lowest BCUT2D eigenvalue weighted by atomic mass is 10.00. The second-order valence-corrected chi connectivity index (χ2v) is 4.97. The number of nitrogens with one attached hydrogen (secondary N) is 1. The van der Waals surface area contributed by atoms with Crippen LogP contribution in [-0.4, -0.2) is 30.4 Å². The number of nitrogens with zero attached hydrogens (tertiary/aromatic N) is 2. The molecule has 1 heterocycles. The van der Waals surface area contributed by atoms with E-state index in [9.17, 15) is 4.79 Å². The van der Waals surface area contributed by atoms with Crippen molar-refractivity contribution in [3.63, 3.8) is 0 Å². The molecule has 4 heteroatoms. The highest BCUT2D eigenvalue weighted by Gasteiger charge is 2.20. The maximum absolute atomic E-state index is 11.8. The summed E-state index contributed by atoms with van der Waals surface area (Å²) in [5, 5.41) is 11.8. The van der Waals surface area contributed by atoms with Gasteiger partial charge in [0.05, 0.1) is 18.5 Å². The van der Waals surface area contributed by atoms with Crippen LogP contribution in [0.15, 0.2) is 30.3 Å². The Morgan fingerprint density at radius 2 is 2.21 bits per heavy atom. The molecule has 1 saturated heterocycles. The summed E-state index contributed by atoms with van der Waals surface area (Å²) in [5.41, 5.74) is 1.10. The van der Waals surface area contributed by atoms with Crippen molar-refractivity contribution in [1.29, 1.82) is 5.26 Å². The average molecular weight is 257 g/mol. The fourth-order valence-corrected chi connectivity index (χ4v) is 2.36. The number of nitriles is 1. The van der Waals surface area contributed by atoms with E-state index in [1.165, 1.54) is 0 Å². The fraction of sp³-hybridized carbons (Fsp3) is 0.467. The Balaban J connectivity index is 1.74. The standard InChI is InChI=1S/C15H19N3O/c16-9-14-7-4-8-18(11-14)12-15(19)17-10-13-5-2-1-3-6-13/h1-3,5-6,14H,4,7-8,10-12H2,(H,17,19). The highest BCUT2D eigenvalue weighted by molar-refractivity contribution is 5.78. The number of likely N-dealkylation sites (tertiary alicyclic amines) is 1. The summed E-state index contributed by atoms with van der Waals surface area (Å²) >= 11 is 0. The molecule has 0 aromatic heterocycles. The third-order valence-corrected chi connectivity index (χ3v) is 3.39. The van der Waals surface area contributed by atoms with Gasteiger partial charge in [0, 0.05) is 13.1 Å². The monoisotopic (exact) mass is 257 g/mol. The molecular formula is C15H19N3O. The van der Waals surface area contributed by atoms with Crippen LogP contribution in [0.1, 0.15) is 18.4 Å². The molecule has 0 radical (unpaired) electrons. The molecule has 1 aliphatic rings. The van der Waals surface area contributed by atoms with Gasteiger partial charge in [-0.3, -0.25) is 9.69 Å². The van der Waals surface area contributed by atoms with Crippen LogP contribution < -0.4 is 5.32 Å². The zero-order chi connectivity index (χ0) is 13.5. The van der Waals surface area contributed by atoms with E-state index in [2.05, 4.69) is 16.3 Å². The molecule has 1 amide bonds. The van der Waals surface area contributed by atoms with Gasteiger partial charge in [-0.2, -0.15) is 5.26 Å². The zero-order valence-electron chi connectivity index (χ0n) is 11.0. The number of amides is 1. The van der Waals surface area contributed by atoms with E-state index < -0.39 is 0 Å². The van der Waals surface area contributed by atoms with Crippen LogP contribution in [0.25, 0.3) is 0 Å². The third-order valence-electron chi connectivity index (χ3n) is 3.39. The lowest BCUT2D eigenvalue weighted by Gasteiger charge is -2.28. The van der Waals surface area contributed by atoms with Gasteiger partial charge >= 0.3 is 0 Å². The SMILES string of the molecule is N#CC1CCCN(CC(=O)NCc2ccccc2)C1. The van der Waals surface area contributed by atoms with Gasteiger partial charge in [0.1, 0.15) is 0 Å². The first-order valence-electron chi connectivity index (χ1n) is 6.70. The van der Waals surface area contributed by atoms with Gasteiger partial charge in [0.15, 0.2) is 0 Å². The van der Waals surface area contributed by atoms with E-state index in [0.29, 0.717) is 13.1 Å². The number of rotatable bonds is 4. The summed E-state index contributed by atoms with van der Waals surface area (Å²) < 4.78 is 0. The molecule has 1 aromatic rings. The second kappa shape index (κ2) is 6.91. The molecule has 0 bridgehead atoms. The molecule has 2 rings (SSSR count). The van der Waals surface area contributed by atoms with E-state index in [0.717, 1.165) is 31.5 Å². The van der Waals surface area contributed by atoms with Crippen LogP contribution >= 0.6 is 0 Å². The summed E-state index contributed by atoms with van der Waals surface area (Å²) in [6.45, 7) is 2.59. The van der Waals surface area contributed by atoms with E-state index in [1.807, 2.05) is 30.3 Å². The fourth-order valence-electron chi connectivity index (χ4n) is 2.36. The Bertz CT molecular complexity index is 452. The average Bonchev–Trinajstić information content (AvgIpc) is 2.46. The van der Waals surface area contributed by atoms with E-state index >= 15 is 0 Å². The Kier molecular flexibility index (Phi) is 4.93. The van der Waals surface area contributed by atoms with Crippen molar-refractivity contribution in [1.82, 2.24) is 10.2 Å². The Morgan fingerprint density at radius 3 is 2.95 bits per heavy atom. The van der Waals surface area contributed by atoms with Crippen molar-refractivity contribution in [2.24, 2.45) is 5.92 Å². The number of piperidine rings is 1. The molecule has 1 N–H and O–H groups in total. The Hall–Kier alpha value is -1.86. The normalized spacial score (nSPS) is 19.6. The molecule has 0 saturated carbocycles. The first-order valence-corrected chi connectivity index (χ1v) is 6.70. The van der Waals surface area contributed by atoms with E-state index in [4.69, 9.17) is 5.26 Å². The van der Waals surface area contributed by atoms with Gasteiger partial charge in [0.25, 0.3) is 0 Å². The molecule has 19 heavy (non-hydrogen) atoms. The van der Waals surface area contributed by atoms with Crippen LogP contribution in [0.3, 0.4) is 0 Å². The van der Waals surface area contributed by atoms with Crippen molar-refractivity contribution < 1.29 is 4.79 Å². The largest absolute Gasteiger partial charge is 0.351 e. The van der Waals surface area contributed by atoms with Gasteiger partial charge in [-0.1, -0.05) is 30.3 Å². The van der Waals surface area contributed by atoms with Gasteiger partial charge in [-0.25, -0.2) is 0 Å². The van der Waals surface area contributed by atoms with Crippen molar-refractivity contribution in [2.45, 2.75) is 19.4 Å². The topological polar surface area (TPSA) is 56.1 Å². The predicted octanol–water partition coefficient (Wildman–Crippen LogP) is 1.54. The van der Waals surface area contributed by atoms with Crippen molar-refractivity contribution in [3.05, 3.63) is 35.9 Å². The maximum Gasteiger partial charge on any atom is 0.234 e. The van der Waals surface area contributed by atoms with Gasteiger partial charge in [-0.05, 0) is 24.9 Å². The van der Waals surface area contributed by atoms with Crippen LogP contribution in [0.5, 0.6) is 0 Å². The van der Waals surface area contributed by atoms with Crippen molar-refractivity contribution in [3.8, 4) is 6.07 Å². The van der Waals surface area contributed by atoms with Crippen LogP contribution in [-0.2, 0) is 11.3 Å². The number of carbonyl (C=O) groups is 1. The number of carbonyl (C=O) groups excluding carboxylic acids is 1. The number of benzene rings is 1.